The number of halogens is 1. The van der Waals surface area contributed by atoms with E-state index in [1.807, 2.05) is 0 Å². The number of carbonyl (C=O) groups excluding carboxylic acids is 2. The van der Waals surface area contributed by atoms with Crippen molar-refractivity contribution in [3.05, 3.63) is 23.7 Å². The molecule has 166 valence electrons. The summed E-state index contributed by atoms with van der Waals surface area (Å²) in [5.74, 6) is -0.855. The van der Waals surface area contributed by atoms with E-state index in [1.165, 1.54) is 13.1 Å². The molecule has 0 aliphatic heterocycles. The Bertz CT molecular complexity index is 655. The van der Waals surface area contributed by atoms with Crippen LogP contribution in [-0.2, 0) is 14.0 Å². The second-order valence-electron chi connectivity index (χ2n) is 9.51. The number of aliphatic imine (C=N–C) groups is 1. The Labute approximate surface area is 175 Å². The number of nitrogens with one attached hydrogen (secondary N) is 1. The van der Waals surface area contributed by atoms with Gasteiger partial charge in [0.25, 0.3) is 0 Å². The zero-order valence-electron chi connectivity index (χ0n) is 19.3. The van der Waals surface area contributed by atoms with Crippen LogP contribution in [0.25, 0.3) is 0 Å². The minimum absolute atomic E-state index is 0.0343. The smallest absolute Gasteiger partial charge is 0.407 e. The number of carbonyl (C=O) groups is 2. The fourth-order valence-electron chi connectivity index (χ4n) is 2.09. The molecule has 0 aromatic carbocycles. The molecule has 1 amide bonds. The van der Waals surface area contributed by atoms with Gasteiger partial charge in [-0.15, -0.1) is 0 Å². The fourth-order valence-corrected chi connectivity index (χ4v) is 3.44. The van der Waals surface area contributed by atoms with Gasteiger partial charge in [0, 0.05) is 24.7 Å². The van der Waals surface area contributed by atoms with Gasteiger partial charge in [-0.25, -0.2) is 9.18 Å². The fraction of sp³-hybridized carbons (Fsp3) is 0.667. The summed E-state index contributed by atoms with van der Waals surface area (Å²) in [5, 5.41) is 2.58. The molecule has 0 fully saturated rings. The van der Waals surface area contributed by atoms with Crippen LogP contribution in [0.3, 0.4) is 0 Å². The van der Waals surface area contributed by atoms with Crippen molar-refractivity contribution in [3.8, 4) is 0 Å². The van der Waals surface area contributed by atoms with Crippen molar-refractivity contribution in [1.29, 1.82) is 0 Å². The van der Waals surface area contributed by atoms with Crippen LogP contribution < -0.4 is 5.32 Å². The van der Waals surface area contributed by atoms with Crippen LogP contribution in [0.5, 0.6) is 0 Å². The molecule has 6 nitrogen and oxygen atoms in total. The van der Waals surface area contributed by atoms with Gasteiger partial charge < -0.3 is 14.5 Å². The molecule has 0 heterocycles. The highest BCUT2D eigenvalue weighted by Crippen LogP contribution is 2.37. The van der Waals surface area contributed by atoms with E-state index in [4.69, 9.17) is 9.16 Å². The largest absolute Gasteiger partial charge is 0.444 e. The van der Waals surface area contributed by atoms with E-state index in [0.717, 1.165) is 6.08 Å². The van der Waals surface area contributed by atoms with Crippen molar-refractivity contribution in [3.63, 3.8) is 0 Å². The highest BCUT2D eigenvalue weighted by Gasteiger charge is 2.39. The third-order valence-electron chi connectivity index (χ3n) is 4.46. The lowest BCUT2D eigenvalue weighted by Gasteiger charge is -2.39. The van der Waals surface area contributed by atoms with Crippen molar-refractivity contribution in [2.75, 3.05) is 6.54 Å². The van der Waals surface area contributed by atoms with E-state index in [-0.39, 0.29) is 29.4 Å². The zero-order valence-corrected chi connectivity index (χ0v) is 20.3. The Morgan fingerprint density at radius 1 is 1.21 bits per heavy atom. The van der Waals surface area contributed by atoms with Crippen LogP contribution in [0, 0.1) is 0 Å². The molecular weight excluding hydrogens is 391 g/mol. The first kappa shape index (κ1) is 27.2. The Hall–Kier alpha value is -1.80. The molecule has 0 unspecified atom stereocenters. The Kier molecular flexibility index (Phi) is 10.2. The summed E-state index contributed by atoms with van der Waals surface area (Å²) >= 11 is 0. The number of ether oxygens (including phenoxy) is 1. The van der Waals surface area contributed by atoms with Crippen LogP contribution in [0.2, 0.25) is 18.1 Å². The minimum Gasteiger partial charge on any atom is -0.444 e. The van der Waals surface area contributed by atoms with Gasteiger partial charge in [0.2, 0.25) is 0 Å². The minimum atomic E-state index is -2.23. The second-order valence-corrected chi connectivity index (χ2v) is 14.3. The van der Waals surface area contributed by atoms with Crippen LogP contribution in [0.15, 0.2) is 28.7 Å². The lowest BCUT2D eigenvalue weighted by Crippen LogP contribution is -2.48. The molecule has 0 bridgehead atoms. The van der Waals surface area contributed by atoms with Crippen molar-refractivity contribution in [1.82, 2.24) is 5.32 Å². The molecule has 0 radical (unpaired) electrons. The predicted molar refractivity (Wildman–Crippen MR) is 118 cm³/mol. The van der Waals surface area contributed by atoms with Gasteiger partial charge in [0.05, 0.1) is 11.9 Å². The molecule has 0 spiro atoms. The summed E-state index contributed by atoms with van der Waals surface area (Å²) in [6.07, 6.45) is 1.12. The van der Waals surface area contributed by atoms with Gasteiger partial charge in [-0.05, 0) is 58.6 Å². The number of Topliss-reactive ketones (excluding diaryl/α,β-unsaturated/α-hetero) is 1. The predicted octanol–water partition coefficient (Wildman–Crippen LogP) is 5.32. The van der Waals surface area contributed by atoms with Crippen molar-refractivity contribution >= 4 is 26.9 Å². The number of alkyl carbamates (subject to hydrolysis) is 1. The Balaban J connectivity index is 5.49. The number of amides is 1. The number of nitrogens with zero attached hydrogens (tertiary/aromatic N) is 1. The van der Waals surface area contributed by atoms with Crippen LogP contribution >= 0.6 is 0 Å². The molecule has 1 N–H and O–H groups in total. The quantitative estimate of drug-likeness (QED) is 0.233. The summed E-state index contributed by atoms with van der Waals surface area (Å²) in [7, 11) is -2.23. The van der Waals surface area contributed by atoms with Gasteiger partial charge in [-0.1, -0.05) is 20.8 Å². The molecule has 0 aliphatic carbocycles. The Morgan fingerprint density at radius 3 is 2.17 bits per heavy atom. The molecule has 0 rings (SSSR count). The van der Waals surface area contributed by atoms with Gasteiger partial charge in [0.15, 0.2) is 14.1 Å². The molecule has 29 heavy (non-hydrogen) atoms. The average Bonchev–Trinajstić information content (AvgIpc) is 2.48. The van der Waals surface area contributed by atoms with Crippen molar-refractivity contribution < 1.29 is 23.1 Å². The lowest BCUT2D eigenvalue weighted by atomic mass is 10.1. The summed E-state index contributed by atoms with van der Waals surface area (Å²) < 4.78 is 24.9. The maximum absolute atomic E-state index is 13.3. The third-order valence-corrected chi connectivity index (χ3v) is 9.00. The van der Waals surface area contributed by atoms with Gasteiger partial charge in [-0.3, -0.25) is 9.79 Å². The number of rotatable bonds is 9. The molecule has 0 saturated heterocycles. The van der Waals surface area contributed by atoms with E-state index >= 15 is 0 Å². The normalized spacial score (nSPS) is 15.0. The van der Waals surface area contributed by atoms with Gasteiger partial charge in [0.1, 0.15) is 5.60 Å². The number of hydrogen-bond acceptors (Lipinski definition) is 5. The second kappa shape index (κ2) is 10.8. The molecule has 8 heteroatoms. The zero-order chi connectivity index (χ0) is 23.0. The van der Waals surface area contributed by atoms with E-state index in [2.05, 4.69) is 50.9 Å². The van der Waals surface area contributed by atoms with E-state index < -0.39 is 31.9 Å². The van der Waals surface area contributed by atoms with Crippen molar-refractivity contribution in [2.45, 2.75) is 84.7 Å². The van der Waals surface area contributed by atoms with Gasteiger partial charge >= 0.3 is 6.09 Å². The first-order valence-electron chi connectivity index (χ1n) is 9.66. The first-order valence-corrected chi connectivity index (χ1v) is 12.6. The van der Waals surface area contributed by atoms with E-state index in [9.17, 15) is 14.0 Å². The summed E-state index contributed by atoms with van der Waals surface area (Å²) in [6.45, 7) is 20.4. The molecule has 0 aliphatic rings. The standard InChI is InChI=1S/C21H37FN2O4Si/c1-15(22)11-16(13-23-8)18(25)12-17(28-29(9,10)21(5,6)7)14-24-19(26)27-20(2,3)4/h11,13,17H,8,12,14H2,1-7,9-10H3,(H,24,26)/b15-11+,16-13+/t17-/m1/s1. The molecular formula is C21H37FN2O4Si. The average molecular weight is 429 g/mol. The molecule has 1 atom stereocenters. The summed E-state index contributed by atoms with van der Waals surface area (Å²) in [4.78, 5) is 28.3. The molecule has 0 saturated carbocycles. The SMILES string of the molecule is C=N/C=C(\C=C(/C)F)C(=O)C[C@H](CNC(=O)OC(C)(C)C)O[Si](C)(C)C(C)(C)C. The van der Waals surface area contributed by atoms with Gasteiger partial charge in [-0.2, -0.15) is 0 Å². The topological polar surface area (TPSA) is 77.0 Å². The number of allylic oxidation sites excluding steroid dienone is 3. The lowest BCUT2D eigenvalue weighted by molar-refractivity contribution is -0.116. The third kappa shape index (κ3) is 11.1. The van der Waals surface area contributed by atoms with E-state index in [0.29, 0.717) is 0 Å². The first-order chi connectivity index (χ1) is 13.0. The number of hydrogen-bond donors (Lipinski definition) is 1. The molecule has 0 aromatic heterocycles. The number of ketones is 1. The van der Waals surface area contributed by atoms with Crippen LogP contribution in [-0.4, -0.2) is 45.2 Å². The summed E-state index contributed by atoms with van der Waals surface area (Å²) in [6, 6.07) is 0. The summed E-state index contributed by atoms with van der Waals surface area (Å²) in [5.41, 5.74) is -0.536. The monoisotopic (exact) mass is 428 g/mol. The van der Waals surface area contributed by atoms with Crippen LogP contribution in [0.1, 0.15) is 54.9 Å². The highest BCUT2D eigenvalue weighted by atomic mass is 28.4. The highest BCUT2D eigenvalue weighted by molar-refractivity contribution is 6.74. The maximum Gasteiger partial charge on any atom is 0.407 e. The van der Waals surface area contributed by atoms with Crippen molar-refractivity contribution in [2.24, 2.45) is 4.99 Å². The van der Waals surface area contributed by atoms with E-state index in [1.54, 1.807) is 20.8 Å². The Morgan fingerprint density at radius 2 is 1.76 bits per heavy atom. The molecule has 0 aromatic rings. The van der Waals surface area contributed by atoms with Crippen LogP contribution in [0.4, 0.5) is 9.18 Å². The maximum atomic E-state index is 13.3.